The number of nitrogens with one attached hydrogen (secondary N) is 1. The van der Waals surface area contributed by atoms with Crippen molar-refractivity contribution in [1.82, 2.24) is 15.1 Å². The number of likely N-dealkylation sites (tertiary alicyclic amines) is 1. The highest BCUT2D eigenvalue weighted by Gasteiger charge is 2.43. The largest absolute Gasteiger partial charge is 0.381 e. The molecule has 3 heterocycles. The molecule has 7 heteroatoms. The number of nitrogens with zero attached hydrogens (tertiary/aromatic N) is 3. The van der Waals surface area contributed by atoms with Crippen LogP contribution < -0.4 is 5.32 Å². The zero-order chi connectivity index (χ0) is 17.4. The molecule has 1 saturated carbocycles. The van der Waals surface area contributed by atoms with Gasteiger partial charge in [-0.2, -0.15) is 0 Å². The van der Waals surface area contributed by atoms with Crippen molar-refractivity contribution in [3.05, 3.63) is 16.8 Å². The molecule has 0 spiro atoms. The number of amides is 1. The van der Waals surface area contributed by atoms with E-state index in [2.05, 4.69) is 20.4 Å². The van der Waals surface area contributed by atoms with Crippen molar-refractivity contribution >= 4 is 23.3 Å². The normalized spacial score (nSPS) is 29.7. The number of aromatic nitrogens is 2. The van der Waals surface area contributed by atoms with Crippen LogP contribution in [0.1, 0.15) is 31.2 Å². The molecule has 0 unspecified atom stereocenters. The standard InChI is InChI=1S/C18H25ClN4O2/c1-11-6-16(21-22-17(11)19)20-15-7-13-9-23(10-14(13)8-15)18(24)12-2-4-25-5-3-12/h6,12-15H,2-5,7-10H2,1H3,(H,20,21)/t13-,14+,15+. The predicted octanol–water partition coefficient (Wildman–Crippen LogP) is 2.51. The summed E-state index contributed by atoms with van der Waals surface area (Å²) in [5, 5.41) is 12.0. The van der Waals surface area contributed by atoms with Gasteiger partial charge in [-0.05, 0) is 56.1 Å². The van der Waals surface area contributed by atoms with Gasteiger partial charge in [0.15, 0.2) is 5.15 Å². The molecule has 3 fully saturated rings. The topological polar surface area (TPSA) is 67.4 Å². The Bertz CT molecular complexity index is 636. The maximum Gasteiger partial charge on any atom is 0.225 e. The number of halogens is 1. The van der Waals surface area contributed by atoms with Crippen LogP contribution >= 0.6 is 11.6 Å². The van der Waals surface area contributed by atoms with Crippen LogP contribution in [0.15, 0.2) is 6.07 Å². The quantitative estimate of drug-likeness (QED) is 0.892. The number of fused-ring (bicyclic) bond motifs is 1. The summed E-state index contributed by atoms with van der Waals surface area (Å²) in [5.41, 5.74) is 0.936. The molecule has 0 bridgehead atoms. The molecule has 25 heavy (non-hydrogen) atoms. The molecule has 1 aromatic heterocycles. The summed E-state index contributed by atoms with van der Waals surface area (Å²) in [6.07, 6.45) is 3.93. The number of anilines is 1. The van der Waals surface area contributed by atoms with Gasteiger partial charge in [0.2, 0.25) is 5.91 Å². The number of rotatable bonds is 3. The predicted molar refractivity (Wildman–Crippen MR) is 95.5 cm³/mol. The van der Waals surface area contributed by atoms with Gasteiger partial charge in [0.25, 0.3) is 0 Å². The van der Waals surface area contributed by atoms with E-state index >= 15 is 0 Å². The van der Waals surface area contributed by atoms with Crippen molar-refractivity contribution in [3.8, 4) is 0 Å². The van der Waals surface area contributed by atoms with Crippen LogP contribution in [0.4, 0.5) is 5.82 Å². The first kappa shape index (κ1) is 17.0. The SMILES string of the molecule is Cc1cc(N[C@H]2C[C@@H]3CN(C(=O)C4CCOCC4)C[C@@H]3C2)nnc1Cl. The Morgan fingerprint density at radius 1 is 1.24 bits per heavy atom. The summed E-state index contributed by atoms with van der Waals surface area (Å²) >= 11 is 5.94. The van der Waals surface area contributed by atoms with E-state index in [9.17, 15) is 4.79 Å². The van der Waals surface area contributed by atoms with Gasteiger partial charge < -0.3 is 15.0 Å². The van der Waals surface area contributed by atoms with Crippen LogP contribution in [0.5, 0.6) is 0 Å². The molecule has 2 saturated heterocycles. The Labute approximate surface area is 153 Å². The smallest absolute Gasteiger partial charge is 0.225 e. The molecular weight excluding hydrogens is 340 g/mol. The van der Waals surface area contributed by atoms with Crippen molar-refractivity contribution in [2.75, 3.05) is 31.6 Å². The number of carbonyl (C=O) groups is 1. The Morgan fingerprint density at radius 2 is 1.92 bits per heavy atom. The summed E-state index contributed by atoms with van der Waals surface area (Å²) in [7, 11) is 0. The van der Waals surface area contributed by atoms with E-state index < -0.39 is 0 Å². The van der Waals surface area contributed by atoms with Crippen molar-refractivity contribution in [3.63, 3.8) is 0 Å². The van der Waals surface area contributed by atoms with Gasteiger partial charge in [-0.3, -0.25) is 4.79 Å². The average molecular weight is 365 g/mol. The molecule has 1 N–H and O–H groups in total. The molecule has 1 amide bonds. The summed E-state index contributed by atoms with van der Waals surface area (Å²) in [6.45, 7) is 5.20. The fraction of sp³-hybridized carbons (Fsp3) is 0.722. The first-order chi connectivity index (χ1) is 12.1. The molecule has 4 rings (SSSR count). The average Bonchev–Trinajstić information content (AvgIpc) is 3.17. The maximum absolute atomic E-state index is 12.7. The Balaban J connectivity index is 1.31. The molecule has 3 aliphatic rings. The second-order valence-corrected chi connectivity index (χ2v) is 8.02. The van der Waals surface area contributed by atoms with E-state index in [1.54, 1.807) is 0 Å². The summed E-state index contributed by atoms with van der Waals surface area (Å²) in [4.78, 5) is 14.8. The Hall–Kier alpha value is -1.40. The van der Waals surface area contributed by atoms with Crippen molar-refractivity contribution in [2.45, 2.75) is 38.6 Å². The maximum atomic E-state index is 12.7. The van der Waals surface area contributed by atoms with Gasteiger partial charge in [0, 0.05) is 38.3 Å². The van der Waals surface area contributed by atoms with Crippen molar-refractivity contribution in [1.29, 1.82) is 0 Å². The second-order valence-electron chi connectivity index (χ2n) is 7.67. The van der Waals surface area contributed by atoms with Gasteiger partial charge >= 0.3 is 0 Å². The van der Waals surface area contributed by atoms with Gasteiger partial charge in [-0.1, -0.05) is 11.6 Å². The first-order valence-electron chi connectivity index (χ1n) is 9.23. The molecule has 1 aliphatic carbocycles. The van der Waals surface area contributed by atoms with Gasteiger partial charge in [-0.15, -0.1) is 10.2 Å². The lowest BCUT2D eigenvalue weighted by molar-refractivity contribution is -0.137. The van der Waals surface area contributed by atoms with E-state index in [0.717, 1.165) is 63.4 Å². The number of hydrogen-bond acceptors (Lipinski definition) is 5. The first-order valence-corrected chi connectivity index (χ1v) is 9.61. The number of carbonyl (C=O) groups excluding carboxylic acids is 1. The fourth-order valence-corrected chi connectivity index (χ4v) is 4.64. The van der Waals surface area contributed by atoms with E-state index in [-0.39, 0.29) is 5.92 Å². The fourth-order valence-electron chi connectivity index (χ4n) is 4.55. The minimum atomic E-state index is 0.175. The Kier molecular flexibility index (Phi) is 4.82. The summed E-state index contributed by atoms with van der Waals surface area (Å²) < 4.78 is 5.38. The third kappa shape index (κ3) is 3.60. The highest BCUT2D eigenvalue weighted by molar-refractivity contribution is 6.30. The lowest BCUT2D eigenvalue weighted by Crippen LogP contribution is -2.38. The molecule has 136 valence electrons. The number of aryl methyl sites for hydroxylation is 1. The minimum absolute atomic E-state index is 0.175. The molecule has 6 nitrogen and oxygen atoms in total. The van der Waals surface area contributed by atoms with Crippen molar-refractivity contribution in [2.24, 2.45) is 17.8 Å². The zero-order valence-electron chi connectivity index (χ0n) is 14.6. The molecule has 0 aromatic carbocycles. The lowest BCUT2D eigenvalue weighted by Gasteiger charge is -2.27. The van der Waals surface area contributed by atoms with E-state index in [1.807, 2.05) is 13.0 Å². The van der Waals surface area contributed by atoms with E-state index in [1.165, 1.54) is 0 Å². The molecule has 2 aliphatic heterocycles. The highest BCUT2D eigenvalue weighted by atomic mass is 35.5. The van der Waals surface area contributed by atoms with E-state index in [0.29, 0.717) is 28.9 Å². The second kappa shape index (κ2) is 7.08. The highest BCUT2D eigenvalue weighted by Crippen LogP contribution is 2.40. The van der Waals surface area contributed by atoms with Crippen LogP contribution in [0.3, 0.4) is 0 Å². The van der Waals surface area contributed by atoms with Gasteiger partial charge in [-0.25, -0.2) is 0 Å². The van der Waals surface area contributed by atoms with Crippen LogP contribution in [-0.2, 0) is 9.53 Å². The zero-order valence-corrected chi connectivity index (χ0v) is 15.3. The van der Waals surface area contributed by atoms with Crippen LogP contribution in [0, 0.1) is 24.7 Å². The number of hydrogen-bond donors (Lipinski definition) is 1. The third-order valence-corrected chi connectivity index (χ3v) is 6.28. The summed E-state index contributed by atoms with van der Waals surface area (Å²) in [5.74, 6) is 2.52. The van der Waals surface area contributed by atoms with E-state index in [4.69, 9.17) is 16.3 Å². The third-order valence-electron chi connectivity index (χ3n) is 5.91. The van der Waals surface area contributed by atoms with Crippen molar-refractivity contribution < 1.29 is 9.53 Å². The molecule has 1 aromatic rings. The van der Waals surface area contributed by atoms with Crippen LogP contribution in [-0.4, -0.2) is 53.3 Å². The van der Waals surface area contributed by atoms with Crippen LogP contribution in [0.25, 0.3) is 0 Å². The minimum Gasteiger partial charge on any atom is -0.381 e. The monoisotopic (exact) mass is 364 g/mol. The van der Waals surface area contributed by atoms with Gasteiger partial charge in [0.1, 0.15) is 5.82 Å². The lowest BCUT2D eigenvalue weighted by atomic mass is 9.98. The Morgan fingerprint density at radius 3 is 2.56 bits per heavy atom. The molecular formula is C18H25ClN4O2. The molecule has 0 radical (unpaired) electrons. The summed E-state index contributed by atoms with van der Waals surface area (Å²) in [6, 6.07) is 2.36. The number of ether oxygens (including phenoxy) is 1. The molecule has 3 atom stereocenters. The van der Waals surface area contributed by atoms with Gasteiger partial charge in [0.05, 0.1) is 0 Å². The van der Waals surface area contributed by atoms with Crippen LogP contribution in [0.2, 0.25) is 5.15 Å².